The van der Waals surface area contributed by atoms with Gasteiger partial charge in [0.1, 0.15) is 5.69 Å². The highest BCUT2D eigenvalue weighted by Crippen LogP contribution is 2.28. The molecule has 1 aliphatic rings. The van der Waals surface area contributed by atoms with Gasteiger partial charge in [0.2, 0.25) is 0 Å². The molecule has 1 heterocycles. The summed E-state index contributed by atoms with van der Waals surface area (Å²) in [6.07, 6.45) is 8.20. The number of thioether (sulfide) groups is 1. The zero-order valence-corrected chi connectivity index (χ0v) is 11.0. The minimum absolute atomic E-state index is 0.169. The average molecular weight is 267 g/mol. The fraction of sp³-hybridized carbons (Fsp3) is 0.545. The molecule has 4 N–H and O–H groups in total. The van der Waals surface area contributed by atoms with Crippen molar-refractivity contribution in [1.82, 2.24) is 15.3 Å². The Hall–Kier alpha value is -1.34. The summed E-state index contributed by atoms with van der Waals surface area (Å²) in [5.74, 6) is 5.45. The maximum atomic E-state index is 11.9. The van der Waals surface area contributed by atoms with Crippen LogP contribution >= 0.6 is 11.8 Å². The Morgan fingerprint density at radius 2 is 2.28 bits per heavy atom. The fourth-order valence-corrected chi connectivity index (χ4v) is 2.86. The number of aromatic nitrogens is 2. The molecule has 1 amide bonds. The number of carbonyl (C=O) groups is 1. The van der Waals surface area contributed by atoms with Gasteiger partial charge in [-0.1, -0.05) is 0 Å². The standard InChI is InChI=1S/C11H17N5OS/c1-18-8-3-2-7(4-8)15-11(17)9-5-14-10(16-12)6-13-9/h5-8H,2-4,12H2,1H3,(H,14,16)(H,15,17). The van der Waals surface area contributed by atoms with Crippen LogP contribution < -0.4 is 16.6 Å². The molecule has 0 radical (unpaired) electrons. The summed E-state index contributed by atoms with van der Waals surface area (Å²) in [5.41, 5.74) is 2.69. The molecule has 1 aliphatic carbocycles. The van der Waals surface area contributed by atoms with Crippen LogP contribution in [0, 0.1) is 0 Å². The summed E-state index contributed by atoms with van der Waals surface area (Å²) in [4.78, 5) is 19.9. The van der Waals surface area contributed by atoms with E-state index in [4.69, 9.17) is 5.84 Å². The second kappa shape index (κ2) is 6.01. The molecular formula is C11H17N5OS. The van der Waals surface area contributed by atoms with Crippen LogP contribution in [0.1, 0.15) is 29.8 Å². The Kier molecular flexibility index (Phi) is 4.38. The van der Waals surface area contributed by atoms with Crippen molar-refractivity contribution in [2.45, 2.75) is 30.6 Å². The molecule has 2 rings (SSSR count). The maximum Gasteiger partial charge on any atom is 0.271 e. The average Bonchev–Trinajstić information content (AvgIpc) is 2.86. The Balaban J connectivity index is 1.91. The van der Waals surface area contributed by atoms with Gasteiger partial charge >= 0.3 is 0 Å². The van der Waals surface area contributed by atoms with Crippen LogP contribution in [0.4, 0.5) is 5.82 Å². The van der Waals surface area contributed by atoms with Crippen molar-refractivity contribution < 1.29 is 4.79 Å². The van der Waals surface area contributed by atoms with Gasteiger partial charge in [-0.2, -0.15) is 11.8 Å². The number of hydrazine groups is 1. The molecule has 2 unspecified atom stereocenters. The van der Waals surface area contributed by atoms with Crippen molar-refractivity contribution in [3.8, 4) is 0 Å². The molecule has 1 saturated carbocycles. The van der Waals surface area contributed by atoms with E-state index in [9.17, 15) is 4.79 Å². The molecule has 1 aromatic heterocycles. The second-order valence-electron chi connectivity index (χ2n) is 4.27. The van der Waals surface area contributed by atoms with Crippen LogP contribution in [0.5, 0.6) is 0 Å². The lowest BCUT2D eigenvalue weighted by molar-refractivity contribution is 0.0932. The van der Waals surface area contributed by atoms with Crippen LogP contribution in [0.25, 0.3) is 0 Å². The molecule has 7 heteroatoms. The van der Waals surface area contributed by atoms with Crippen molar-refractivity contribution in [3.63, 3.8) is 0 Å². The number of nitrogens with one attached hydrogen (secondary N) is 2. The summed E-state index contributed by atoms with van der Waals surface area (Å²) in [6, 6.07) is 0.254. The topological polar surface area (TPSA) is 92.9 Å². The summed E-state index contributed by atoms with van der Waals surface area (Å²) >= 11 is 1.86. The van der Waals surface area contributed by atoms with Crippen molar-refractivity contribution in [2.75, 3.05) is 11.7 Å². The first-order valence-corrected chi connectivity index (χ1v) is 7.14. The highest BCUT2D eigenvalue weighted by atomic mass is 32.2. The van der Waals surface area contributed by atoms with Crippen LogP contribution in [-0.2, 0) is 0 Å². The lowest BCUT2D eigenvalue weighted by Crippen LogP contribution is -2.33. The number of hydrogen-bond acceptors (Lipinski definition) is 6. The van der Waals surface area contributed by atoms with Crippen LogP contribution in [0.15, 0.2) is 12.4 Å². The van der Waals surface area contributed by atoms with E-state index in [-0.39, 0.29) is 11.9 Å². The minimum atomic E-state index is -0.169. The molecule has 0 aliphatic heterocycles. The van der Waals surface area contributed by atoms with Crippen molar-refractivity contribution >= 4 is 23.5 Å². The highest BCUT2D eigenvalue weighted by Gasteiger charge is 2.25. The number of nitrogens with zero attached hydrogens (tertiary/aromatic N) is 2. The predicted octanol–water partition coefficient (Wildman–Crippen LogP) is 0.776. The van der Waals surface area contributed by atoms with E-state index in [1.54, 1.807) is 0 Å². The summed E-state index contributed by atoms with van der Waals surface area (Å²) in [6.45, 7) is 0. The number of nitrogen functional groups attached to an aromatic ring is 1. The van der Waals surface area contributed by atoms with Gasteiger partial charge in [0.25, 0.3) is 5.91 Å². The largest absolute Gasteiger partial charge is 0.348 e. The minimum Gasteiger partial charge on any atom is -0.348 e. The molecule has 1 fully saturated rings. The SMILES string of the molecule is CSC1CCC(NC(=O)c2cnc(NN)cn2)C1. The third-order valence-corrected chi connectivity index (χ3v) is 4.18. The Bertz CT molecular complexity index is 410. The lowest BCUT2D eigenvalue weighted by Gasteiger charge is -2.12. The molecule has 18 heavy (non-hydrogen) atoms. The Morgan fingerprint density at radius 1 is 1.44 bits per heavy atom. The summed E-state index contributed by atoms with van der Waals surface area (Å²) in [5, 5.41) is 3.65. The van der Waals surface area contributed by atoms with Gasteiger partial charge in [-0.15, -0.1) is 0 Å². The lowest BCUT2D eigenvalue weighted by atomic mass is 10.2. The number of rotatable bonds is 4. The van der Waals surface area contributed by atoms with E-state index in [1.165, 1.54) is 12.4 Å². The number of anilines is 1. The molecule has 0 bridgehead atoms. The van der Waals surface area contributed by atoms with Gasteiger partial charge in [0.05, 0.1) is 12.4 Å². The monoisotopic (exact) mass is 267 g/mol. The maximum absolute atomic E-state index is 11.9. The number of hydrogen-bond donors (Lipinski definition) is 3. The third-order valence-electron chi connectivity index (χ3n) is 3.09. The zero-order valence-electron chi connectivity index (χ0n) is 10.2. The van der Waals surface area contributed by atoms with E-state index in [1.807, 2.05) is 11.8 Å². The molecule has 0 spiro atoms. The van der Waals surface area contributed by atoms with E-state index < -0.39 is 0 Å². The van der Waals surface area contributed by atoms with Crippen molar-refractivity contribution in [2.24, 2.45) is 5.84 Å². The van der Waals surface area contributed by atoms with Crippen molar-refractivity contribution in [1.29, 1.82) is 0 Å². The highest BCUT2D eigenvalue weighted by molar-refractivity contribution is 7.99. The van der Waals surface area contributed by atoms with Gasteiger partial charge < -0.3 is 10.7 Å². The van der Waals surface area contributed by atoms with Gasteiger partial charge in [0, 0.05) is 11.3 Å². The van der Waals surface area contributed by atoms with Crippen molar-refractivity contribution in [3.05, 3.63) is 18.1 Å². The predicted molar refractivity (Wildman–Crippen MR) is 72.3 cm³/mol. The van der Waals surface area contributed by atoms with E-state index >= 15 is 0 Å². The smallest absolute Gasteiger partial charge is 0.271 e. The third kappa shape index (κ3) is 3.11. The molecule has 6 nitrogen and oxygen atoms in total. The van der Waals surface area contributed by atoms with E-state index in [0.29, 0.717) is 16.8 Å². The van der Waals surface area contributed by atoms with Gasteiger partial charge in [-0.25, -0.2) is 15.8 Å². The molecule has 98 valence electrons. The van der Waals surface area contributed by atoms with Gasteiger partial charge in [0.15, 0.2) is 5.82 Å². The molecular weight excluding hydrogens is 250 g/mol. The fourth-order valence-electron chi connectivity index (χ4n) is 2.06. The first-order valence-electron chi connectivity index (χ1n) is 5.85. The van der Waals surface area contributed by atoms with Crippen LogP contribution in [0.3, 0.4) is 0 Å². The summed E-state index contributed by atoms with van der Waals surface area (Å²) < 4.78 is 0. The molecule has 1 aromatic rings. The molecule has 0 aromatic carbocycles. The molecule has 0 saturated heterocycles. The number of amides is 1. The second-order valence-corrected chi connectivity index (χ2v) is 5.41. The van der Waals surface area contributed by atoms with Crippen LogP contribution in [-0.4, -0.2) is 33.4 Å². The number of nitrogens with two attached hydrogens (primary N) is 1. The Labute approximate surface area is 110 Å². The number of carbonyl (C=O) groups excluding carboxylic acids is 1. The Morgan fingerprint density at radius 3 is 2.83 bits per heavy atom. The molecule has 2 atom stereocenters. The van der Waals surface area contributed by atoms with Gasteiger partial charge in [-0.05, 0) is 25.5 Å². The summed E-state index contributed by atoms with van der Waals surface area (Å²) in [7, 11) is 0. The van der Waals surface area contributed by atoms with E-state index in [2.05, 4.69) is 27.0 Å². The quantitative estimate of drug-likeness (QED) is 0.551. The van der Waals surface area contributed by atoms with Crippen LogP contribution in [0.2, 0.25) is 0 Å². The normalized spacial score (nSPS) is 22.8. The van der Waals surface area contributed by atoms with E-state index in [0.717, 1.165) is 19.3 Å². The first-order chi connectivity index (χ1) is 8.72. The first kappa shape index (κ1) is 13.1. The van der Waals surface area contributed by atoms with Gasteiger partial charge in [-0.3, -0.25) is 4.79 Å². The zero-order chi connectivity index (χ0) is 13.0.